The van der Waals surface area contributed by atoms with Crippen molar-refractivity contribution >= 4 is 5.90 Å². The second kappa shape index (κ2) is 14.6. The zero-order valence-corrected chi connectivity index (χ0v) is 18.8. The van der Waals surface area contributed by atoms with Gasteiger partial charge < -0.3 is 9.84 Å². The highest BCUT2D eigenvalue weighted by molar-refractivity contribution is 5.95. The monoisotopic (exact) mass is 401 g/mol. The third-order valence-corrected chi connectivity index (χ3v) is 6.18. The Morgan fingerprint density at radius 2 is 1.45 bits per heavy atom. The Labute approximate surface area is 179 Å². The van der Waals surface area contributed by atoms with Gasteiger partial charge in [-0.3, -0.25) is 0 Å². The number of hydrogen-bond donors (Lipinski definition) is 1. The first-order chi connectivity index (χ1) is 14.2. The summed E-state index contributed by atoms with van der Waals surface area (Å²) in [6.07, 6.45) is 17.1. The number of benzene rings is 1. The summed E-state index contributed by atoms with van der Waals surface area (Å²) < 4.78 is 5.73. The molecule has 0 aromatic heterocycles. The van der Waals surface area contributed by atoms with Crippen LogP contribution in [0, 0.1) is 5.92 Å². The van der Waals surface area contributed by atoms with Crippen molar-refractivity contribution in [3.8, 4) is 0 Å². The molecular formula is C26H43NO2. The van der Waals surface area contributed by atoms with Crippen molar-refractivity contribution in [1.82, 2.24) is 0 Å². The fraction of sp³-hybridized carbons (Fsp3) is 0.731. The van der Waals surface area contributed by atoms with Crippen LogP contribution in [0.2, 0.25) is 0 Å². The van der Waals surface area contributed by atoms with Crippen molar-refractivity contribution in [3.63, 3.8) is 0 Å². The van der Waals surface area contributed by atoms with Gasteiger partial charge >= 0.3 is 0 Å². The van der Waals surface area contributed by atoms with Crippen LogP contribution in [0.15, 0.2) is 35.3 Å². The van der Waals surface area contributed by atoms with Gasteiger partial charge in [-0.1, -0.05) is 109 Å². The third-order valence-electron chi connectivity index (χ3n) is 6.18. The van der Waals surface area contributed by atoms with Crippen molar-refractivity contribution in [2.24, 2.45) is 10.9 Å². The van der Waals surface area contributed by atoms with Crippen LogP contribution in [0.3, 0.4) is 0 Å². The maximum Gasteiger partial charge on any atom is 0.216 e. The fourth-order valence-electron chi connectivity index (χ4n) is 4.16. The molecule has 0 spiro atoms. The first kappa shape index (κ1) is 23.9. The number of aliphatic hydroxyl groups is 1. The van der Waals surface area contributed by atoms with Gasteiger partial charge in [-0.05, 0) is 24.5 Å². The summed E-state index contributed by atoms with van der Waals surface area (Å²) in [5.74, 6) is 0.942. The Hall–Kier alpha value is -1.35. The van der Waals surface area contributed by atoms with Gasteiger partial charge in [-0.2, -0.15) is 0 Å². The number of aliphatic hydroxyl groups excluding tert-OH is 1. The number of rotatable bonds is 16. The van der Waals surface area contributed by atoms with E-state index < -0.39 is 6.10 Å². The van der Waals surface area contributed by atoms with Crippen LogP contribution in [-0.2, 0) is 4.74 Å². The molecule has 0 aliphatic carbocycles. The minimum atomic E-state index is -0.413. The van der Waals surface area contributed by atoms with Crippen molar-refractivity contribution in [2.45, 2.75) is 109 Å². The lowest BCUT2D eigenvalue weighted by Gasteiger charge is -2.21. The van der Waals surface area contributed by atoms with Gasteiger partial charge in [0, 0.05) is 5.56 Å². The Morgan fingerprint density at radius 3 is 2.03 bits per heavy atom. The van der Waals surface area contributed by atoms with Gasteiger partial charge in [0.15, 0.2) is 0 Å². The number of nitrogens with zero attached hydrogens (tertiary/aromatic N) is 1. The molecule has 3 unspecified atom stereocenters. The molecule has 0 radical (unpaired) electrons. The normalized spacial score (nSPS) is 18.3. The minimum absolute atomic E-state index is 0.127. The molecule has 0 bridgehead atoms. The second-order valence-corrected chi connectivity index (χ2v) is 8.82. The standard InChI is InChI=1S/C26H43NO2/c1-3-4-5-6-7-8-9-10-11-12-13-15-18-22(2)25(28)24-21-29-26(27-24)23-19-16-14-17-20-23/h14,16-17,19-20,22,24-25,28H,3-13,15,18,21H2,1-2H3. The van der Waals surface area contributed by atoms with E-state index in [2.05, 4.69) is 18.8 Å². The summed E-state index contributed by atoms with van der Waals surface area (Å²) in [7, 11) is 0. The predicted molar refractivity (Wildman–Crippen MR) is 124 cm³/mol. The molecule has 1 aliphatic heterocycles. The maximum atomic E-state index is 10.7. The summed E-state index contributed by atoms with van der Waals surface area (Å²) in [6.45, 7) is 4.92. The molecule has 2 rings (SSSR count). The first-order valence-corrected chi connectivity index (χ1v) is 12.2. The topological polar surface area (TPSA) is 41.8 Å². The van der Waals surface area contributed by atoms with E-state index in [9.17, 15) is 5.11 Å². The van der Waals surface area contributed by atoms with Gasteiger partial charge in [0.05, 0.1) is 6.10 Å². The van der Waals surface area contributed by atoms with E-state index in [1.165, 1.54) is 77.0 Å². The van der Waals surface area contributed by atoms with Crippen molar-refractivity contribution in [3.05, 3.63) is 35.9 Å². The fourth-order valence-corrected chi connectivity index (χ4v) is 4.16. The van der Waals surface area contributed by atoms with Gasteiger partial charge in [-0.25, -0.2) is 4.99 Å². The molecule has 29 heavy (non-hydrogen) atoms. The molecule has 0 saturated carbocycles. The van der Waals surface area contributed by atoms with E-state index in [0.717, 1.165) is 12.0 Å². The second-order valence-electron chi connectivity index (χ2n) is 8.82. The highest BCUT2D eigenvalue weighted by Crippen LogP contribution is 2.22. The molecule has 3 nitrogen and oxygen atoms in total. The lowest BCUT2D eigenvalue weighted by Crippen LogP contribution is -2.31. The lowest BCUT2D eigenvalue weighted by molar-refractivity contribution is 0.0748. The molecule has 1 aromatic rings. The molecule has 1 heterocycles. The van der Waals surface area contributed by atoms with Crippen LogP contribution >= 0.6 is 0 Å². The Bertz CT molecular complexity index is 557. The number of unbranched alkanes of at least 4 members (excludes halogenated alkanes) is 11. The molecule has 0 saturated heterocycles. The number of ether oxygens (including phenoxy) is 1. The molecule has 1 N–H and O–H groups in total. The van der Waals surface area contributed by atoms with Crippen molar-refractivity contribution < 1.29 is 9.84 Å². The molecule has 3 heteroatoms. The van der Waals surface area contributed by atoms with Crippen molar-refractivity contribution in [1.29, 1.82) is 0 Å². The zero-order chi connectivity index (χ0) is 20.7. The van der Waals surface area contributed by atoms with Gasteiger partial charge in [0.1, 0.15) is 12.6 Å². The summed E-state index contributed by atoms with van der Waals surface area (Å²) in [5.41, 5.74) is 0.996. The van der Waals surface area contributed by atoms with E-state index in [1.54, 1.807) is 0 Å². The lowest BCUT2D eigenvalue weighted by atomic mass is 9.93. The minimum Gasteiger partial charge on any atom is -0.475 e. The smallest absolute Gasteiger partial charge is 0.216 e. The van der Waals surface area contributed by atoms with Crippen LogP contribution in [0.25, 0.3) is 0 Å². The van der Waals surface area contributed by atoms with Crippen LogP contribution < -0.4 is 0 Å². The van der Waals surface area contributed by atoms with E-state index >= 15 is 0 Å². The zero-order valence-electron chi connectivity index (χ0n) is 18.8. The largest absolute Gasteiger partial charge is 0.475 e. The van der Waals surface area contributed by atoms with Crippen LogP contribution in [0.5, 0.6) is 0 Å². The molecular weight excluding hydrogens is 358 g/mol. The van der Waals surface area contributed by atoms with Crippen LogP contribution in [-0.4, -0.2) is 29.8 Å². The SMILES string of the molecule is CCCCCCCCCCCCCCC(C)C(O)C1COC(c2ccccc2)=N1. The molecule has 1 aromatic carbocycles. The van der Waals surface area contributed by atoms with Gasteiger partial charge in [-0.15, -0.1) is 0 Å². The Morgan fingerprint density at radius 1 is 0.897 bits per heavy atom. The van der Waals surface area contributed by atoms with Gasteiger partial charge in [0.2, 0.25) is 5.90 Å². The van der Waals surface area contributed by atoms with Crippen molar-refractivity contribution in [2.75, 3.05) is 6.61 Å². The summed E-state index contributed by atoms with van der Waals surface area (Å²) >= 11 is 0. The summed E-state index contributed by atoms with van der Waals surface area (Å²) in [4.78, 5) is 4.63. The van der Waals surface area contributed by atoms with E-state index in [1.807, 2.05) is 30.3 Å². The summed E-state index contributed by atoms with van der Waals surface area (Å²) in [6, 6.07) is 9.84. The maximum absolute atomic E-state index is 10.7. The predicted octanol–water partition coefficient (Wildman–Crippen LogP) is 6.92. The Balaban J connectivity index is 1.50. The quantitative estimate of drug-likeness (QED) is 0.305. The molecule has 164 valence electrons. The summed E-state index contributed by atoms with van der Waals surface area (Å²) in [5, 5.41) is 10.7. The molecule has 0 amide bonds. The highest BCUT2D eigenvalue weighted by Gasteiger charge is 2.30. The Kier molecular flexibility index (Phi) is 12.0. The average molecular weight is 402 g/mol. The molecule has 1 aliphatic rings. The molecule has 3 atom stereocenters. The van der Waals surface area contributed by atoms with E-state index in [4.69, 9.17) is 4.74 Å². The average Bonchev–Trinajstić information content (AvgIpc) is 3.24. The van der Waals surface area contributed by atoms with E-state index in [-0.39, 0.29) is 12.0 Å². The number of aliphatic imine (C=N–C) groups is 1. The van der Waals surface area contributed by atoms with Crippen LogP contribution in [0.4, 0.5) is 0 Å². The molecule has 0 fully saturated rings. The van der Waals surface area contributed by atoms with Gasteiger partial charge in [0.25, 0.3) is 0 Å². The first-order valence-electron chi connectivity index (χ1n) is 12.2. The van der Waals surface area contributed by atoms with Crippen LogP contribution in [0.1, 0.15) is 103 Å². The number of hydrogen-bond acceptors (Lipinski definition) is 3. The third kappa shape index (κ3) is 9.33. The van der Waals surface area contributed by atoms with E-state index in [0.29, 0.717) is 12.5 Å². The highest BCUT2D eigenvalue weighted by atomic mass is 16.5.